The van der Waals surface area contributed by atoms with Crippen LogP contribution in [0.5, 0.6) is 0 Å². The number of benzene rings is 2. The van der Waals surface area contributed by atoms with Crippen LogP contribution in [0.25, 0.3) is 22.6 Å². The summed E-state index contributed by atoms with van der Waals surface area (Å²) >= 11 is 1.28. The average Bonchev–Trinajstić information content (AvgIpc) is 3.36. The molecule has 1 amide bonds. The predicted octanol–water partition coefficient (Wildman–Crippen LogP) is 4.23. The third-order valence-corrected chi connectivity index (χ3v) is 6.66. The van der Waals surface area contributed by atoms with Crippen molar-refractivity contribution in [3.05, 3.63) is 86.4 Å². The first kappa shape index (κ1) is 23.5. The Morgan fingerprint density at radius 2 is 2.00 bits per heavy atom. The van der Waals surface area contributed by atoms with Gasteiger partial charge in [0, 0.05) is 29.2 Å². The molecule has 1 aliphatic rings. The number of furan rings is 1. The fraction of sp³-hybridized carbons (Fsp3) is 0.200. The zero-order valence-electron chi connectivity index (χ0n) is 19.7. The maximum absolute atomic E-state index is 13.3. The Morgan fingerprint density at radius 3 is 2.69 bits per heavy atom. The molecule has 0 spiro atoms. The summed E-state index contributed by atoms with van der Waals surface area (Å²) in [7, 11) is 0. The number of fused-ring (bicyclic) bond motifs is 3. The number of aromatic amines is 1. The minimum absolute atomic E-state index is 0.0101. The quantitative estimate of drug-likeness (QED) is 0.187. The molecule has 3 heterocycles. The Balaban J connectivity index is 1.72. The third-order valence-electron chi connectivity index (χ3n) is 6.09. The molecule has 0 radical (unpaired) electrons. The van der Waals surface area contributed by atoms with E-state index in [-0.39, 0.29) is 23.6 Å². The molecular weight excluding hydrogens is 482 g/mol. The second kappa shape index (κ2) is 9.08. The highest BCUT2D eigenvalue weighted by Crippen LogP contribution is 2.39. The smallest absolute Gasteiger partial charge is 0.325 e. The minimum atomic E-state index is -0.845. The van der Waals surface area contributed by atoms with Gasteiger partial charge in [-0.1, -0.05) is 30.8 Å². The molecular formula is C25H22N5O5S+. The molecule has 11 heteroatoms. The second-order valence-corrected chi connectivity index (χ2v) is 9.02. The van der Waals surface area contributed by atoms with Crippen LogP contribution in [0.15, 0.2) is 69.0 Å². The highest BCUT2D eigenvalue weighted by Gasteiger charge is 2.47. The summed E-state index contributed by atoms with van der Waals surface area (Å²) in [6.45, 7) is 3.54. The van der Waals surface area contributed by atoms with Crippen molar-refractivity contribution in [1.29, 1.82) is 0 Å². The van der Waals surface area contributed by atoms with Gasteiger partial charge in [0.15, 0.2) is 5.76 Å². The van der Waals surface area contributed by atoms with E-state index >= 15 is 0 Å². The molecule has 10 nitrogen and oxygen atoms in total. The van der Waals surface area contributed by atoms with Gasteiger partial charge >= 0.3 is 17.4 Å². The molecule has 2 aromatic heterocycles. The maximum atomic E-state index is 13.3. The number of nitrogens with zero attached hydrogens (tertiary/aromatic N) is 4. The Bertz CT molecular complexity index is 1580. The van der Waals surface area contributed by atoms with Crippen LogP contribution >= 0.6 is 11.8 Å². The number of aryl methyl sites for hydroxylation is 1. The summed E-state index contributed by atoms with van der Waals surface area (Å²) < 4.78 is 7.79. The lowest BCUT2D eigenvalue weighted by Crippen LogP contribution is -2.60. The van der Waals surface area contributed by atoms with E-state index in [4.69, 9.17) is 4.42 Å². The number of hydrogen-bond acceptors (Lipinski definition) is 7. The fourth-order valence-electron chi connectivity index (χ4n) is 4.44. The summed E-state index contributed by atoms with van der Waals surface area (Å²) in [6.07, 6.45) is 1.19. The van der Waals surface area contributed by atoms with Crippen LogP contribution in [-0.4, -0.2) is 27.2 Å². The molecule has 5 rings (SSSR count). The van der Waals surface area contributed by atoms with Crippen molar-refractivity contribution in [3.63, 3.8) is 0 Å². The summed E-state index contributed by atoms with van der Waals surface area (Å²) in [5, 5.41) is 16.2. The monoisotopic (exact) mass is 504 g/mol. The molecule has 1 atom stereocenters. The van der Waals surface area contributed by atoms with Crippen LogP contribution in [0.2, 0.25) is 0 Å². The number of aromatic nitrogens is 3. The van der Waals surface area contributed by atoms with E-state index < -0.39 is 11.1 Å². The van der Waals surface area contributed by atoms with Crippen LogP contribution < -0.4 is 15.1 Å². The van der Waals surface area contributed by atoms with E-state index in [1.165, 1.54) is 28.6 Å². The van der Waals surface area contributed by atoms with Gasteiger partial charge in [0.05, 0.1) is 16.2 Å². The Labute approximate surface area is 209 Å². The van der Waals surface area contributed by atoms with Gasteiger partial charge < -0.3 is 4.42 Å². The molecule has 1 aliphatic heterocycles. The van der Waals surface area contributed by atoms with Crippen molar-refractivity contribution in [2.75, 3.05) is 11.2 Å². The first-order valence-electron chi connectivity index (χ1n) is 11.2. The number of hydrogen-bond donors (Lipinski definition) is 1. The van der Waals surface area contributed by atoms with E-state index in [1.54, 1.807) is 55.3 Å². The first-order chi connectivity index (χ1) is 17.3. The van der Waals surface area contributed by atoms with Gasteiger partial charge in [-0.15, -0.1) is 0 Å². The summed E-state index contributed by atoms with van der Waals surface area (Å²) in [5.74, 6) is 0.718. The van der Waals surface area contributed by atoms with Crippen molar-refractivity contribution in [2.24, 2.45) is 0 Å². The molecule has 0 saturated heterocycles. The number of rotatable bonds is 5. The zero-order chi connectivity index (χ0) is 25.6. The predicted molar refractivity (Wildman–Crippen MR) is 134 cm³/mol. The van der Waals surface area contributed by atoms with E-state index in [0.29, 0.717) is 44.7 Å². The van der Waals surface area contributed by atoms with Gasteiger partial charge in [0.1, 0.15) is 5.76 Å². The summed E-state index contributed by atoms with van der Waals surface area (Å²) in [5.41, 5.74) is 2.52. The van der Waals surface area contributed by atoms with Gasteiger partial charge in [0.2, 0.25) is 11.1 Å². The number of anilines is 1. The standard InChI is InChI=1S/C25H21N5O5S/c1-4-21(31)28-18-8-6-5-7-17(18)22-23(32)26-25(36-3)27-29(22)24(28)20-12-11-19(35-20)16-10-9-15(30(33)34)13-14(16)2/h5-13,24H,4H2,1-3H3/p+1/t24-/m0/s1. The number of para-hydroxylation sites is 1. The zero-order valence-corrected chi connectivity index (χ0v) is 20.5. The van der Waals surface area contributed by atoms with Crippen molar-refractivity contribution in [2.45, 2.75) is 31.6 Å². The summed E-state index contributed by atoms with van der Waals surface area (Å²) in [4.78, 5) is 41.5. The molecule has 0 unspecified atom stereocenters. The number of amides is 1. The van der Waals surface area contributed by atoms with E-state index in [1.807, 2.05) is 12.1 Å². The van der Waals surface area contributed by atoms with Gasteiger partial charge in [-0.2, -0.15) is 0 Å². The van der Waals surface area contributed by atoms with Crippen LogP contribution in [0.3, 0.4) is 0 Å². The molecule has 182 valence electrons. The van der Waals surface area contributed by atoms with Crippen LogP contribution in [0.4, 0.5) is 11.4 Å². The van der Waals surface area contributed by atoms with Gasteiger partial charge in [-0.25, -0.2) is 4.90 Å². The van der Waals surface area contributed by atoms with E-state index in [0.717, 1.165) is 0 Å². The first-order valence-corrected chi connectivity index (χ1v) is 12.4. The molecule has 2 aromatic carbocycles. The van der Waals surface area contributed by atoms with E-state index in [2.05, 4.69) is 10.1 Å². The maximum Gasteiger partial charge on any atom is 0.325 e. The average molecular weight is 505 g/mol. The van der Waals surface area contributed by atoms with Crippen LogP contribution in [-0.2, 0) is 4.79 Å². The lowest BCUT2D eigenvalue weighted by atomic mass is 10.0. The Hall–Kier alpha value is -4.25. The van der Waals surface area contributed by atoms with Crippen molar-refractivity contribution in [3.8, 4) is 22.6 Å². The molecule has 36 heavy (non-hydrogen) atoms. The van der Waals surface area contributed by atoms with Gasteiger partial charge in [-0.3, -0.25) is 24.7 Å². The highest BCUT2D eigenvalue weighted by atomic mass is 32.2. The number of nitro benzene ring substituents is 1. The molecule has 0 fully saturated rings. The number of carbonyl (C=O) groups excluding carboxylic acids is 1. The second-order valence-electron chi connectivity index (χ2n) is 8.22. The topological polar surface area (TPSA) is 126 Å². The minimum Gasteiger partial charge on any atom is -0.452 e. The molecule has 1 N–H and O–H groups in total. The number of H-pyrrole nitrogens is 1. The highest BCUT2D eigenvalue weighted by molar-refractivity contribution is 7.98. The number of non-ortho nitro benzene ring substituents is 1. The molecule has 4 aromatic rings. The van der Waals surface area contributed by atoms with Crippen molar-refractivity contribution in [1.82, 2.24) is 10.1 Å². The number of thioether (sulfide) groups is 1. The SMILES string of the molecule is CCC(=O)N1c2ccccc2-c2c(=O)[nH]c(SC)n[n+]2[C@H]1c1ccc(-c2ccc([N+](=O)[O-])cc2C)o1. The molecule has 0 aliphatic carbocycles. The lowest BCUT2D eigenvalue weighted by molar-refractivity contribution is -0.764. The fourth-order valence-corrected chi connectivity index (χ4v) is 4.80. The van der Waals surface area contributed by atoms with Crippen molar-refractivity contribution < 1.29 is 18.8 Å². The Kier molecular flexibility index (Phi) is 5.92. The van der Waals surface area contributed by atoms with Crippen LogP contribution in [0, 0.1) is 17.0 Å². The normalized spacial score (nSPS) is 14.3. The summed E-state index contributed by atoms with van der Waals surface area (Å²) in [6, 6.07) is 15.2. The van der Waals surface area contributed by atoms with E-state index in [9.17, 15) is 19.7 Å². The number of nitrogens with one attached hydrogen (secondary N) is 1. The number of nitro groups is 1. The lowest BCUT2D eigenvalue weighted by Gasteiger charge is -2.30. The largest absolute Gasteiger partial charge is 0.452 e. The Morgan fingerprint density at radius 1 is 1.22 bits per heavy atom. The van der Waals surface area contributed by atoms with Gasteiger partial charge in [0.25, 0.3) is 5.69 Å². The third kappa shape index (κ3) is 3.77. The van der Waals surface area contributed by atoms with Gasteiger partial charge in [-0.05, 0) is 53.8 Å². The molecule has 0 saturated carbocycles. The number of carbonyl (C=O) groups is 1. The van der Waals surface area contributed by atoms with Crippen LogP contribution in [0.1, 0.15) is 30.8 Å². The molecule has 0 bridgehead atoms. The van der Waals surface area contributed by atoms with Crippen molar-refractivity contribution >= 4 is 29.0 Å².